The number of hydrogen-bond donors (Lipinski definition) is 0. The maximum Gasteiger partial charge on any atom is 0.162 e. The van der Waals surface area contributed by atoms with E-state index in [0.717, 1.165) is 51.3 Å². The van der Waals surface area contributed by atoms with E-state index in [-0.39, 0.29) is 0 Å². The van der Waals surface area contributed by atoms with Crippen LogP contribution in [0.15, 0.2) is 133 Å². The average molecular weight is 609 g/mol. The molecule has 2 aliphatic heterocycles. The number of nitrogens with zero attached hydrogens (tertiary/aromatic N) is 4. The van der Waals surface area contributed by atoms with E-state index >= 15 is 0 Å². The summed E-state index contributed by atoms with van der Waals surface area (Å²) >= 11 is 0. The zero-order valence-electron chi connectivity index (χ0n) is 26.3. The van der Waals surface area contributed by atoms with E-state index in [1.54, 1.807) is 0 Å². The van der Waals surface area contributed by atoms with Crippen LogP contribution in [-0.4, -0.2) is 26.6 Å². The number of hydrogen-bond acceptors (Lipinski definition) is 3. The van der Waals surface area contributed by atoms with Gasteiger partial charge in [0.15, 0.2) is 5.82 Å². The molecule has 0 N–H and O–H groups in total. The maximum atomic E-state index is 5.31. The quantitative estimate of drug-likeness (QED) is 0.195. The predicted octanol–water partition coefficient (Wildman–Crippen LogP) is 10.3. The van der Waals surface area contributed by atoms with Crippen LogP contribution in [0.2, 0.25) is 0 Å². The van der Waals surface area contributed by atoms with Crippen molar-refractivity contribution >= 4 is 27.5 Å². The molecule has 2 aliphatic carbocycles. The zero-order valence-corrected chi connectivity index (χ0v) is 26.3. The largest absolute Gasteiger partial charge is 0.366 e. The molecule has 228 valence electrons. The molecule has 4 heterocycles. The van der Waals surface area contributed by atoms with Crippen molar-refractivity contribution in [1.82, 2.24) is 14.5 Å². The molecule has 4 nitrogen and oxygen atoms in total. The van der Waals surface area contributed by atoms with Gasteiger partial charge in [0, 0.05) is 45.7 Å². The minimum Gasteiger partial charge on any atom is -0.366 e. The first-order chi connectivity index (χ1) is 23.2. The first-order valence-corrected chi connectivity index (χ1v) is 17.2. The zero-order chi connectivity index (χ0) is 30.9. The molecule has 2 aromatic heterocycles. The monoisotopic (exact) mass is 608 g/mol. The maximum absolute atomic E-state index is 5.31. The number of aromatic nitrogens is 3. The second-order valence-corrected chi connectivity index (χ2v) is 13.9. The normalized spacial score (nSPS) is 21.6. The molecule has 4 fully saturated rings. The van der Waals surface area contributed by atoms with Gasteiger partial charge in [-0.05, 0) is 97.5 Å². The Morgan fingerprint density at radius 2 is 1.06 bits per heavy atom. The molecule has 11 rings (SSSR count). The SMILES string of the molecule is c1ccc(-c2cccc(-c3cc(-n4c5ccccc5c5ccccc54)nc(-c4ccc(N5C6CC7CC(C6)CC5C7)cc4)n3)c2)cc1. The third-order valence-corrected chi connectivity index (χ3v) is 11.1. The number of piperidine rings is 2. The third kappa shape index (κ3) is 4.50. The first kappa shape index (κ1) is 26.9. The van der Waals surface area contributed by atoms with Crippen LogP contribution >= 0.6 is 0 Å². The first-order valence-electron chi connectivity index (χ1n) is 17.2. The molecule has 5 aromatic carbocycles. The Bertz CT molecular complexity index is 2180. The topological polar surface area (TPSA) is 34.0 Å². The smallest absolute Gasteiger partial charge is 0.162 e. The van der Waals surface area contributed by atoms with Crippen LogP contribution in [0.1, 0.15) is 32.1 Å². The van der Waals surface area contributed by atoms with Gasteiger partial charge in [-0.3, -0.25) is 4.57 Å². The average Bonchev–Trinajstić information content (AvgIpc) is 3.46. The highest BCUT2D eigenvalue weighted by Gasteiger charge is 2.46. The van der Waals surface area contributed by atoms with Crippen molar-refractivity contribution in [3.63, 3.8) is 0 Å². The molecule has 0 radical (unpaired) electrons. The van der Waals surface area contributed by atoms with Gasteiger partial charge in [0.25, 0.3) is 0 Å². The molecule has 0 spiro atoms. The fourth-order valence-electron chi connectivity index (χ4n) is 9.22. The minimum absolute atomic E-state index is 0.704. The lowest BCUT2D eigenvalue weighted by molar-refractivity contribution is 0.0900. The molecule has 0 atom stereocenters. The van der Waals surface area contributed by atoms with Gasteiger partial charge in [-0.1, -0.05) is 84.9 Å². The van der Waals surface area contributed by atoms with E-state index in [9.17, 15) is 0 Å². The van der Waals surface area contributed by atoms with E-state index in [4.69, 9.17) is 9.97 Å². The molecular weight excluding hydrogens is 573 g/mol. The molecule has 7 aromatic rings. The number of anilines is 1. The number of rotatable bonds is 5. The summed E-state index contributed by atoms with van der Waals surface area (Å²) in [6, 6.07) is 49.3. The van der Waals surface area contributed by atoms with Gasteiger partial charge in [-0.15, -0.1) is 0 Å². The van der Waals surface area contributed by atoms with Gasteiger partial charge in [0.05, 0.1) is 16.7 Å². The van der Waals surface area contributed by atoms with Crippen molar-refractivity contribution in [3.8, 4) is 39.6 Å². The standard InChI is InChI=1S/C43H36N4/c1-2-9-30(10-3-1)32-11-8-12-33(26-32)39-27-42(47-40-15-6-4-13-37(40)38-14-5-7-16-41(38)47)45-43(44-39)31-17-19-34(20-18-31)46-35-22-28-21-29(24-35)25-36(46)23-28/h1-20,26-29,35-36H,21-25H2. The number of fused-ring (bicyclic) bond motifs is 3. The Morgan fingerprint density at radius 3 is 1.74 bits per heavy atom. The Morgan fingerprint density at radius 1 is 0.468 bits per heavy atom. The minimum atomic E-state index is 0.704. The van der Waals surface area contributed by atoms with Gasteiger partial charge in [-0.2, -0.15) is 0 Å². The number of benzene rings is 5. The third-order valence-electron chi connectivity index (χ3n) is 11.1. The van der Waals surface area contributed by atoms with E-state index in [1.807, 2.05) is 0 Å². The van der Waals surface area contributed by atoms with Crippen LogP contribution in [0, 0.1) is 11.8 Å². The summed E-state index contributed by atoms with van der Waals surface area (Å²) < 4.78 is 2.30. The molecule has 0 unspecified atom stereocenters. The number of para-hydroxylation sites is 2. The Balaban J connectivity index is 1.12. The molecular formula is C43H36N4. The highest BCUT2D eigenvalue weighted by Crippen LogP contribution is 2.50. The van der Waals surface area contributed by atoms with Gasteiger partial charge in [-0.25, -0.2) is 9.97 Å². The van der Waals surface area contributed by atoms with Gasteiger partial charge in [0.2, 0.25) is 0 Å². The van der Waals surface area contributed by atoms with Crippen LogP contribution in [0.4, 0.5) is 5.69 Å². The lowest BCUT2D eigenvalue weighted by atomic mass is 9.63. The highest BCUT2D eigenvalue weighted by atomic mass is 15.2. The molecule has 2 saturated carbocycles. The van der Waals surface area contributed by atoms with Crippen LogP contribution in [0.3, 0.4) is 0 Å². The summed E-state index contributed by atoms with van der Waals surface area (Å²) in [7, 11) is 0. The van der Waals surface area contributed by atoms with Crippen molar-refractivity contribution in [1.29, 1.82) is 0 Å². The van der Waals surface area contributed by atoms with Crippen molar-refractivity contribution in [2.24, 2.45) is 11.8 Å². The molecule has 4 aliphatic rings. The van der Waals surface area contributed by atoms with Crippen LogP contribution < -0.4 is 4.90 Å². The van der Waals surface area contributed by atoms with Crippen LogP contribution in [0.5, 0.6) is 0 Å². The molecule has 2 saturated heterocycles. The van der Waals surface area contributed by atoms with E-state index in [0.29, 0.717) is 12.1 Å². The summed E-state index contributed by atoms with van der Waals surface area (Å²) in [5, 5.41) is 2.45. The summed E-state index contributed by atoms with van der Waals surface area (Å²) in [6.07, 6.45) is 6.93. The van der Waals surface area contributed by atoms with E-state index in [1.165, 1.54) is 59.7 Å². The second-order valence-electron chi connectivity index (χ2n) is 13.9. The Hall–Kier alpha value is -5.22. The van der Waals surface area contributed by atoms with Crippen molar-refractivity contribution in [2.45, 2.75) is 44.2 Å². The van der Waals surface area contributed by atoms with Gasteiger partial charge >= 0.3 is 0 Å². The van der Waals surface area contributed by atoms with Crippen LogP contribution in [0.25, 0.3) is 61.4 Å². The molecule has 47 heavy (non-hydrogen) atoms. The highest BCUT2D eigenvalue weighted by molar-refractivity contribution is 6.09. The fourth-order valence-corrected chi connectivity index (χ4v) is 9.22. The summed E-state index contributed by atoms with van der Waals surface area (Å²) in [5.41, 5.74) is 9.06. The molecule has 4 heteroatoms. The summed E-state index contributed by atoms with van der Waals surface area (Å²) in [6.45, 7) is 0. The lowest BCUT2D eigenvalue weighted by Gasteiger charge is -2.57. The van der Waals surface area contributed by atoms with Crippen molar-refractivity contribution in [2.75, 3.05) is 4.90 Å². The van der Waals surface area contributed by atoms with E-state index in [2.05, 4.69) is 143 Å². The Kier molecular flexibility index (Phi) is 6.12. The predicted molar refractivity (Wildman–Crippen MR) is 193 cm³/mol. The molecule has 4 bridgehead atoms. The fraction of sp³-hybridized carbons (Fsp3) is 0.209. The Labute approximate surface area is 275 Å². The van der Waals surface area contributed by atoms with Crippen molar-refractivity contribution < 1.29 is 0 Å². The summed E-state index contributed by atoms with van der Waals surface area (Å²) in [4.78, 5) is 13.3. The van der Waals surface area contributed by atoms with Gasteiger partial charge < -0.3 is 4.90 Å². The lowest BCUT2D eigenvalue weighted by Crippen LogP contribution is -2.58. The summed E-state index contributed by atoms with van der Waals surface area (Å²) in [5.74, 6) is 3.52. The van der Waals surface area contributed by atoms with E-state index < -0.39 is 0 Å². The van der Waals surface area contributed by atoms with Crippen LogP contribution in [-0.2, 0) is 0 Å². The van der Waals surface area contributed by atoms with Crippen molar-refractivity contribution in [3.05, 3.63) is 133 Å². The van der Waals surface area contributed by atoms with Gasteiger partial charge in [0.1, 0.15) is 5.82 Å². The second kappa shape index (κ2) is 10.7. The molecule has 0 amide bonds.